The van der Waals surface area contributed by atoms with Crippen LogP contribution in [-0.4, -0.2) is 9.97 Å². The van der Waals surface area contributed by atoms with E-state index in [2.05, 4.69) is 35.1 Å². The molecule has 3 heteroatoms. The first-order valence-corrected chi connectivity index (χ1v) is 7.23. The summed E-state index contributed by atoms with van der Waals surface area (Å²) in [4.78, 5) is 8.97. The SMILES string of the molecule is Cc1cccc(Cc2nc(Cl)cc(-c3ccccc3)n2)c1. The number of aryl methyl sites for hydroxylation is 1. The molecule has 0 bridgehead atoms. The fraction of sp³-hybridized carbons (Fsp3) is 0.111. The van der Waals surface area contributed by atoms with E-state index in [4.69, 9.17) is 11.6 Å². The van der Waals surface area contributed by atoms with Crippen LogP contribution in [0.15, 0.2) is 60.7 Å². The molecule has 0 saturated carbocycles. The Balaban J connectivity index is 1.95. The molecule has 0 aliphatic heterocycles. The summed E-state index contributed by atoms with van der Waals surface area (Å²) in [6, 6.07) is 20.2. The molecule has 1 heterocycles. The van der Waals surface area contributed by atoms with E-state index in [0.717, 1.165) is 17.1 Å². The first-order chi connectivity index (χ1) is 10.2. The molecule has 2 aromatic carbocycles. The maximum Gasteiger partial charge on any atom is 0.135 e. The molecule has 0 unspecified atom stereocenters. The van der Waals surface area contributed by atoms with Crippen molar-refractivity contribution in [3.63, 3.8) is 0 Å². The molecule has 0 fully saturated rings. The lowest BCUT2D eigenvalue weighted by Crippen LogP contribution is -1.99. The van der Waals surface area contributed by atoms with Crippen molar-refractivity contribution in [3.8, 4) is 11.3 Å². The van der Waals surface area contributed by atoms with Gasteiger partial charge in [0.25, 0.3) is 0 Å². The van der Waals surface area contributed by atoms with Gasteiger partial charge in [-0.15, -0.1) is 0 Å². The molecule has 21 heavy (non-hydrogen) atoms. The van der Waals surface area contributed by atoms with Gasteiger partial charge in [0.2, 0.25) is 0 Å². The van der Waals surface area contributed by atoms with Crippen LogP contribution in [-0.2, 0) is 6.42 Å². The third-order valence-corrected chi connectivity index (χ3v) is 3.45. The van der Waals surface area contributed by atoms with Gasteiger partial charge in [-0.2, -0.15) is 0 Å². The molecule has 0 spiro atoms. The Labute approximate surface area is 129 Å². The largest absolute Gasteiger partial charge is 0.232 e. The van der Waals surface area contributed by atoms with E-state index in [-0.39, 0.29) is 0 Å². The minimum absolute atomic E-state index is 0.478. The number of hydrogen-bond donors (Lipinski definition) is 0. The van der Waals surface area contributed by atoms with E-state index in [1.807, 2.05) is 36.4 Å². The third-order valence-electron chi connectivity index (χ3n) is 3.26. The van der Waals surface area contributed by atoms with Gasteiger partial charge < -0.3 is 0 Å². The Kier molecular flexibility index (Phi) is 3.98. The van der Waals surface area contributed by atoms with Crippen molar-refractivity contribution in [2.45, 2.75) is 13.3 Å². The number of benzene rings is 2. The van der Waals surface area contributed by atoms with Crippen LogP contribution >= 0.6 is 11.6 Å². The fourth-order valence-electron chi connectivity index (χ4n) is 2.31. The molecule has 2 nitrogen and oxygen atoms in total. The normalized spacial score (nSPS) is 10.6. The Hall–Kier alpha value is -2.19. The van der Waals surface area contributed by atoms with Crippen LogP contribution in [0.3, 0.4) is 0 Å². The first kappa shape index (κ1) is 13.8. The molecule has 3 aromatic rings. The molecule has 0 N–H and O–H groups in total. The lowest BCUT2D eigenvalue weighted by atomic mass is 10.1. The molecular formula is C18H15ClN2. The van der Waals surface area contributed by atoms with Crippen molar-refractivity contribution in [1.29, 1.82) is 0 Å². The van der Waals surface area contributed by atoms with E-state index in [9.17, 15) is 0 Å². The van der Waals surface area contributed by atoms with Crippen LogP contribution in [0.5, 0.6) is 0 Å². The highest BCUT2D eigenvalue weighted by atomic mass is 35.5. The van der Waals surface area contributed by atoms with Crippen molar-refractivity contribution in [2.75, 3.05) is 0 Å². The Bertz CT molecular complexity index is 754. The standard InChI is InChI=1S/C18H15ClN2/c1-13-6-5-7-14(10-13)11-18-20-16(12-17(19)21-18)15-8-3-2-4-9-15/h2-10,12H,11H2,1H3. The van der Waals surface area contributed by atoms with Crippen LogP contribution in [0.2, 0.25) is 5.15 Å². The van der Waals surface area contributed by atoms with Gasteiger partial charge in [-0.05, 0) is 12.5 Å². The number of rotatable bonds is 3. The smallest absolute Gasteiger partial charge is 0.135 e. The van der Waals surface area contributed by atoms with Gasteiger partial charge in [0.05, 0.1) is 5.69 Å². The Morgan fingerprint density at radius 1 is 0.905 bits per heavy atom. The van der Waals surface area contributed by atoms with E-state index in [1.165, 1.54) is 11.1 Å². The van der Waals surface area contributed by atoms with Crippen molar-refractivity contribution < 1.29 is 0 Å². The summed E-state index contributed by atoms with van der Waals surface area (Å²) in [6.07, 6.45) is 0.683. The van der Waals surface area contributed by atoms with E-state index < -0.39 is 0 Å². The summed E-state index contributed by atoms with van der Waals surface area (Å²) >= 11 is 6.15. The maximum atomic E-state index is 6.15. The van der Waals surface area contributed by atoms with Gasteiger partial charge in [-0.25, -0.2) is 9.97 Å². The summed E-state index contributed by atoms with van der Waals surface area (Å²) in [5.74, 6) is 0.743. The summed E-state index contributed by atoms with van der Waals surface area (Å²) in [5.41, 5.74) is 4.33. The molecular weight excluding hydrogens is 280 g/mol. The quantitative estimate of drug-likeness (QED) is 0.655. The highest BCUT2D eigenvalue weighted by molar-refractivity contribution is 6.29. The highest BCUT2D eigenvalue weighted by Crippen LogP contribution is 2.20. The minimum atomic E-state index is 0.478. The molecule has 0 atom stereocenters. The maximum absolute atomic E-state index is 6.15. The van der Waals surface area contributed by atoms with Crippen molar-refractivity contribution in [3.05, 3.63) is 82.8 Å². The zero-order valence-electron chi connectivity index (χ0n) is 11.8. The second kappa shape index (κ2) is 6.06. The average molecular weight is 295 g/mol. The molecule has 0 radical (unpaired) electrons. The zero-order valence-corrected chi connectivity index (χ0v) is 12.5. The predicted octanol–water partition coefficient (Wildman–Crippen LogP) is 4.70. The molecule has 0 aliphatic rings. The van der Waals surface area contributed by atoms with Crippen LogP contribution in [0.25, 0.3) is 11.3 Å². The van der Waals surface area contributed by atoms with Gasteiger partial charge >= 0.3 is 0 Å². The summed E-state index contributed by atoms with van der Waals surface area (Å²) in [5, 5.41) is 0.478. The molecule has 0 saturated heterocycles. The summed E-state index contributed by atoms with van der Waals surface area (Å²) < 4.78 is 0. The van der Waals surface area contributed by atoms with Gasteiger partial charge in [0.15, 0.2) is 0 Å². The van der Waals surface area contributed by atoms with E-state index in [0.29, 0.717) is 11.6 Å². The summed E-state index contributed by atoms with van der Waals surface area (Å²) in [6.45, 7) is 2.08. The van der Waals surface area contributed by atoms with Crippen molar-refractivity contribution in [1.82, 2.24) is 9.97 Å². The zero-order chi connectivity index (χ0) is 14.7. The lowest BCUT2D eigenvalue weighted by molar-refractivity contribution is 0.971. The number of nitrogens with zero attached hydrogens (tertiary/aromatic N) is 2. The second-order valence-electron chi connectivity index (χ2n) is 5.02. The van der Waals surface area contributed by atoms with Crippen molar-refractivity contribution >= 4 is 11.6 Å². The van der Waals surface area contributed by atoms with Crippen LogP contribution in [0.4, 0.5) is 0 Å². The highest BCUT2D eigenvalue weighted by Gasteiger charge is 2.06. The minimum Gasteiger partial charge on any atom is -0.232 e. The molecule has 104 valence electrons. The average Bonchev–Trinajstić information content (AvgIpc) is 2.47. The number of halogens is 1. The van der Waals surface area contributed by atoms with Crippen molar-refractivity contribution in [2.24, 2.45) is 0 Å². The third kappa shape index (κ3) is 3.47. The van der Waals surface area contributed by atoms with Gasteiger partial charge in [-0.3, -0.25) is 0 Å². The van der Waals surface area contributed by atoms with Gasteiger partial charge in [0, 0.05) is 18.1 Å². The first-order valence-electron chi connectivity index (χ1n) is 6.85. The molecule has 0 aliphatic carbocycles. The van der Waals surface area contributed by atoms with E-state index in [1.54, 1.807) is 6.07 Å². The van der Waals surface area contributed by atoms with Gasteiger partial charge in [0.1, 0.15) is 11.0 Å². The monoisotopic (exact) mass is 294 g/mol. The van der Waals surface area contributed by atoms with Crippen LogP contribution in [0, 0.1) is 6.92 Å². The number of hydrogen-bond acceptors (Lipinski definition) is 2. The topological polar surface area (TPSA) is 25.8 Å². The van der Waals surface area contributed by atoms with E-state index >= 15 is 0 Å². The molecule has 1 aromatic heterocycles. The van der Waals surface area contributed by atoms with Gasteiger partial charge in [-0.1, -0.05) is 71.8 Å². The second-order valence-corrected chi connectivity index (χ2v) is 5.41. The fourth-order valence-corrected chi connectivity index (χ4v) is 2.51. The Morgan fingerprint density at radius 2 is 1.71 bits per heavy atom. The van der Waals surface area contributed by atoms with Crippen LogP contribution < -0.4 is 0 Å². The Morgan fingerprint density at radius 3 is 2.48 bits per heavy atom. The number of aromatic nitrogens is 2. The predicted molar refractivity (Wildman–Crippen MR) is 86.5 cm³/mol. The molecule has 3 rings (SSSR count). The molecule has 0 amide bonds. The van der Waals surface area contributed by atoms with Crippen LogP contribution in [0.1, 0.15) is 17.0 Å². The summed E-state index contributed by atoms with van der Waals surface area (Å²) in [7, 11) is 0. The lowest BCUT2D eigenvalue weighted by Gasteiger charge is -2.06.